The van der Waals surface area contributed by atoms with E-state index in [9.17, 15) is 0 Å². The summed E-state index contributed by atoms with van der Waals surface area (Å²) in [6, 6.07) is 0. The summed E-state index contributed by atoms with van der Waals surface area (Å²) in [5, 5.41) is 0. The summed E-state index contributed by atoms with van der Waals surface area (Å²) in [5.74, 6) is 0. The number of hydrogen-bond acceptors (Lipinski definition) is 0. The first-order valence-electron chi connectivity index (χ1n) is 2.97. The van der Waals surface area contributed by atoms with Gasteiger partial charge in [-0.25, -0.2) is 0 Å². The van der Waals surface area contributed by atoms with E-state index in [1.807, 2.05) is 0 Å². The summed E-state index contributed by atoms with van der Waals surface area (Å²) < 4.78 is 0. The topological polar surface area (TPSA) is 0 Å². The molecule has 10 heavy (non-hydrogen) atoms. The third kappa shape index (κ3) is 10.5. The molecule has 0 spiro atoms. The average Bonchev–Trinajstić information content (AvgIpc) is 2.43. The van der Waals surface area contributed by atoms with Gasteiger partial charge in [0.05, 0.1) is 0 Å². The zero-order chi connectivity index (χ0) is 6.95. The maximum absolute atomic E-state index is 3.36. The van der Waals surface area contributed by atoms with Crippen LogP contribution < -0.4 is 0 Å². The Labute approximate surface area is 75.8 Å². The van der Waals surface area contributed by atoms with E-state index in [1.165, 1.54) is 0 Å². The quantitative estimate of drug-likeness (QED) is 0.473. The molecule has 0 saturated carbocycles. The van der Waals surface area contributed by atoms with Crippen LogP contribution in [-0.2, 0) is 19.5 Å². The molecule has 1 aliphatic carbocycles. The SMILES string of the molecule is C1=CCC=C1.C=CC=C.[Rh]. The molecule has 0 aromatic carbocycles. The predicted molar refractivity (Wildman–Crippen MR) is 43.3 cm³/mol. The van der Waals surface area contributed by atoms with Gasteiger partial charge in [-0.3, -0.25) is 0 Å². The van der Waals surface area contributed by atoms with Crippen LogP contribution in [-0.4, -0.2) is 0 Å². The molecular weight excluding hydrogens is 211 g/mol. The Morgan fingerprint density at radius 2 is 1.40 bits per heavy atom. The first kappa shape index (κ1) is 12.3. The maximum Gasteiger partial charge on any atom is 0 e. The normalized spacial score (nSPS) is 10.8. The first-order valence-corrected chi connectivity index (χ1v) is 2.97. The summed E-state index contributed by atoms with van der Waals surface area (Å²) in [7, 11) is 0. The molecular formula is C9H12Rh. The van der Waals surface area contributed by atoms with Crippen LogP contribution in [0.5, 0.6) is 0 Å². The molecule has 0 saturated heterocycles. The van der Waals surface area contributed by atoms with Gasteiger partial charge < -0.3 is 0 Å². The van der Waals surface area contributed by atoms with Gasteiger partial charge >= 0.3 is 0 Å². The zero-order valence-electron chi connectivity index (χ0n) is 5.92. The van der Waals surface area contributed by atoms with Gasteiger partial charge in [-0.2, -0.15) is 0 Å². The molecule has 0 fully saturated rings. The molecule has 1 radical (unpaired) electrons. The van der Waals surface area contributed by atoms with Crippen LogP contribution in [0.3, 0.4) is 0 Å². The van der Waals surface area contributed by atoms with Gasteiger partial charge in [-0.05, 0) is 6.42 Å². The molecule has 0 unspecified atom stereocenters. The fraction of sp³-hybridized carbons (Fsp3) is 0.111. The molecule has 0 amide bonds. The zero-order valence-corrected chi connectivity index (χ0v) is 7.56. The van der Waals surface area contributed by atoms with E-state index in [-0.39, 0.29) is 19.5 Å². The van der Waals surface area contributed by atoms with Crippen LogP contribution in [0.1, 0.15) is 6.42 Å². The van der Waals surface area contributed by atoms with E-state index >= 15 is 0 Å². The van der Waals surface area contributed by atoms with E-state index in [4.69, 9.17) is 0 Å². The third-order valence-electron chi connectivity index (χ3n) is 0.822. The molecule has 1 heteroatoms. The molecule has 0 N–H and O–H groups in total. The Bertz CT molecular complexity index is 116. The third-order valence-corrected chi connectivity index (χ3v) is 0.822. The largest absolute Gasteiger partial charge is 0.0991 e. The van der Waals surface area contributed by atoms with Crippen molar-refractivity contribution in [1.29, 1.82) is 0 Å². The minimum Gasteiger partial charge on any atom is -0.0991 e. The van der Waals surface area contributed by atoms with E-state index in [0.29, 0.717) is 0 Å². The Morgan fingerprint density at radius 1 is 1.00 bits per heavy atom. The minimum absolute atomic E-state index is 0. The second kappa shape index (κ2) is 11.4. The smallest absolute Gasteiger partial charge is 0 e. The molecule has 0 bridgehead atoms. The van der Waals surface area contributed by atoms with Crippen LogP contribution in [0.4, 0.5) is 0 Å². The van der Waals surface area contributed by atoms with Crippen molar-refractivity contribution in [3.63, 3.8) is 0 Å². The van der Waals surface area contributed by atoms with E-state index in [2.05, 4.69) is 37.5 Å². The number of allylic oxidation sites excluding steroid dienone is 6. The molecule has 0 atom stereocenters. The van der Waals surface area contributed by atoms with Crippen molar-refractivity contribution in [2.45, 2.75) is 6.42 Å². The van der Waals surface area contributed by atoms with Crippen molar-refractivity contribution in [3.8, 4) is 0 Å². The van der Waals surface area contributed by atoms with Crippen LogP contribution in [0, 0.1) is 0 Å². The number of rotatable bonds is 1. The van der Waals surface area contributed by atoms with Crippen LogP contribution in [0.25, 0.3) is 0 Å². The Balaban J connectivity index is 0. The van der Waals surface area contributed by atoms with Gasteiger partial charge in [0.2, 0.25) is 0 Å². The van der Waals surface area contributed by atoms with E-state index < -0.39 is 0 Å². The van der Waals surface area contributed by atoms with E-state index in [0.717, 1.165) is 6.42 Å². The van der Waals surface area contributed by atoms with Gasteiger partial charge in [-0.1, -0.05) is 49.6 Å². The van der Waals surface area contributed by atoms with Gasteiger partial charge in [-0.15, -0.1) is 0 Å². The monoisotopic (exact) mass is 223 g/mol. The molecule has 0 nitrogen and oxygen atoms in total. The fourth-order valence-electron chi connectivity index (χ4n) is 0.393. The molecule has 0 aromatic heterocycles. The average molecular weight is 223 g/mol. The van der Waals surface area contributed by atoms with Crippen molar-refractivity contribution in [1.82, 2.24) is 0 Å². The van der Waals surface area contributed by atoms with Crippen molar-refractivity contribution < 1.29 is 19.5 Å². The Morgan fingerprint density at radius 3 is 1.50 bits per heavy atom. The van der Waals surface area contributed by atoms with Crippen LogP contribution in [0.2, 0.25) is 0 Å². The second-order valence-electron chi connectivity index (χ2n) is 1.56. The molecule has 1 rings (SSSR count). The van der Waals surface area contributed by atoms with Gasteiger partial charge in [0.15, 0.2) is 0 Å². The molecule has 1 aliphatic rings. The second-order valence-corrected chi connectivity index (χ2v) is 1.56. The molecule has 0 aliphatic heterocycles. The van der Waals surface area contributed by atoms with Crippen molar-refractivity contribution >= 4 is 0 Å². The number of hydrogen-bond donors (Lipinski definition) is 0. The molecule has 0 aromatic rings. The predicted octanol–water partition coefficient (Wildman–Crippen LogP) is 2.86. The summed E-state index contributed by atoms with van der Waals surface area (Å²) in [6.45, 7) is 6.72. The summed E-state index contributed by atoms with van der Waals surface area (Å²) >= 11 is 0. The summed E-state index contributed by atoms with van der Waals surface area (Å²) in [5.41, 5.74) is 0. The van der Waals surface area contributed by atoms with Crippen molar-refractivity contribution in [3.05, 3.63) is 49.6 Å². The van der Waals surface area contributed by atoms with Gasteiger partial charge in [0, 0.05) is 19.5 Å². The van der Waals surface area contributed by atoms with Crippen molar-refractivity contribution in [2.24, 2.45) is 0 Å². The fourth-order valence-corrected chi connectivity index (χ4v) is 0.393. The Hall–Kier alpha value is -0.417. The minimum atomic E-state index is 0. The summed E-state index contributed by atoms with van der Waals surface area (Å²) in [6.07, 6.45) is 12.8. The standard InChI is InChI=1S/C5H6.C4H6.Rh/c1-2-4-5-3-1;1-3-4-2;/h1-4H,5H2;3-4H,1-2H2;. The molecule has 0 heterocycles. The van der Waals surface area contributed by atoms with Crippen molar-refractivity contribution in [2.75, 3.05) is 0 Å². The van der Waals surface area contributed by atoms with Gasteiger partial charge in [0.25, 0.3) is 0 Å². The van der Waals surface area contributed by atoms with Gasteiger partial charge in [0.1, 0.15) is 0 Å². The van der Waals surface area contributed by atoms with E-state index in [1.54, 1.807) is 12.2 Å². The summed E-state index contributed by atoms with van der Waals surface area (Å²) in [4.78, 5) is 0. The maximum atomic E-state index is 3.36. The first-order chi connectivity index (χ1) is 4.41. The van der Waals surface area contributed by atoms with Crippen LogP contribution >= 0.6 is 0 Å². The molecule has 57 valence electrons. The Kier molecular flexibility index (Phi) is 14.0. The van der Waals surface area contributed by atoms with Crippen LogP contribution in [0.15, 0.2) is 49.6 Å².